The maximum absolute atomic E-state index is 10.6. The summed E-state index contributed by atoms with van der Waals surface area (Å²) in [6.45, 7) is 1.76. The quantitative estimate of drug-likeness (QED) is 0.938. The summed E-state index contributed by atoms with van der Waals surface area (Å²) >= 11 is 3.40. The Bertz CT molecular complexity index is 600. The van der Waals surface area contributed by atoms with Crippen LogP contribution in [0, 0.1) is 11.3 Å². The number of rotatable bonds is 3. The summed E-state index contributed by atoms with van der Waals surface area (Å²) in [4.78, 5) is 0. The third kappa shape index (κ3) is 2.28. The van der Waals surface area contributed by atoms with E-state index in [0.29, 0.717) is 11.3 Å². The second-order valence-corrected chi connectivity index (χ2v) is 4.87. The van der Waals surface area contributed by atoms with Crippen LogP contribution in [0.2, 0.25) is 0 Å². The topological polar surface area (TPSA) is 74.7 Å². The molecule has 18 heavy (non-hydrogen) atoms. The first kappa shape index (κ1) is 12.7. The lowest BCUT2D eigenvalue weighted by Gasteiger charge is -2.22. The SMILES string of the molecule is CC(O)(c1cn(CC#N)nn1)c1ccccc1Br. The molecule has 0 bridgehead atoms. The van der Waals surface area contributed by atoms with E-state index in [0.717, 1.165) is 4.47 Å². The molecule has 0 saturated carbocycles. The summed E-state index contributed by atoms with van der Waals surface area (Å²) in [6, 6.07) is 9.35. The van der Waals surface area contributed by atoms with Gasteiger partial charge in [0.15, 0.2) is 0 Å². The van der Waals surface area contributed by atoms with E-state index in [4.69, 9.17) is 5.26 Å². The van der Waals surface area contributed by atoms with Crippen LogP contribution in [-0.4, -0.2) is 20.1 Å². The standard InChI is InChI=1S/C12H11BrN4O/c1-12(18,9-4-2-3-5-10(9)13)11-8-17(7-6-14)16-15-11/h2-5,8,18H,7H2,1H3. The van der Waals surface area contributed by atoms with Gasteiger partial charge >= 0.3 is 0 Å². The van der Waals surface area contributed by atoms with Gasteiger partial charge in [0.05, 0.1) is 12.3 Å². The van der Waals surface area contributed by atoms with E-state index >= 15 is 0 Å². The summed E-state index contributed by atoms with van der Waals surface area (Å²) in [5.74, 6) is 0. The van der Waals surface area contributed by atoms with Gasteiger partial charge < -0.3 is 5.11 Å². The van der Waals surface area contributed by atoms with Crippen molar-refractivity contribution in [2.75, 3.05) is 0 Å². The predicted octanol–water partition coefficient (Wildman–Crippen LogP) is 1.82. The molecule has 0 aliphatic heterocycles. The van der Waals surface area contributed by atoms with Crippen LogP contribution in [0.3, 0.4) is 0 Å². The summed E-state index contributed by atoms with van der Waals surface area (Å²) in [6.07, 6.45) is 1.57. The van der Waals surface area contributed by atoms with Crippen LogP contribution >= 0.6 is 15.9 Å². The average molecular weight is 307 g/mol. The van der Waals surface area contributed by atoms with Gasteiger partial charge in [0.25, 0.3) is 0 Å². The van der Waals surface area contributed by atoms with Gasteiger partial charge in [-0.15, -0.1) is 5.10 Å². The van der Waals surface area contributed by atoms with Crippen molar-refractivity contribution in [2.45, 2.75) is 19.1 Å². The van der Waals surface area contributed by atoms with Gasteiger partial charge in [0, 0.05) is 10.0 Å². The molecule has 5 nitrogen and oxygen atoms in total. The number of aromatic nitrogens is 3. The molecular formula is C12H11BrN4O. The molecule has 2 rings (SSSR count). The molecule has 1 unspecified atom stereocenters. The molecular weight excluding hydrogens is 296 g/mol. The van der Waals surface area contributed by atoms with Crippen LogP contribution < -0.4 is 0 Å². The third-order valence-electron chi connectivity index (χ3n) is 2.67. The molecule has 1 heterocycles. The molecule has 0 amide bonds. The fourth-order valence-electron chi connectivity index (χ4n) is 1.67. The van der Waals surface area contributed by atoms with Crippen LogP contribution in [0.15, 0.2) is 34.9 Å². The first-order chi connectivity index (χ1) is 8.55. The van der Waals surface area contributed by atoms with Gasteiger partial charge in [-0.3, -0.25) is 0 Å². The highest BCUT2D eigenvalue weighted by Crippen LogP contribution is 2.32. The number of nitrogens with zero attached hydrogens (tertiary/aromatic N) is 4. The molecule has 1 N–H and O–H groups in total. The highest BCUT2D eigenvalue weighted by molar-refractivity contribution is 9.10. The molecule has 0 aliphatic rings. The third-order valence-corrected chi connectivity index (χ3v) is 3.36. The van der Waals surface area contributed by atoms with Gasteiger partial charge in [-0.25, -0.2) is 4.68 Å². The number of hydrogen-bond acceptors (Lipinski definition) is 4. The Morgan fingerprint density at radius 2 is 2.22 bits per heavy atom. The molecule has 1 atom stereocenters. The largest absolute Gasteiger partial charge is 0.379 e. The molecule has 92 valence electrons. The van der Waals surface area contributed by atoms with Crippen LogP contribution in [0.4, 0.5) is 0 Å². The molecule has 0 saturated heterocycles. The Morgan fingerprint density at radius 3 is 2.89 bits per heavy atom. The first-order valence-corrected chi connectivity index (χ1v) is 6.10. The summed E-state index contributed by atoms with van der Waals surface area (Å²) in [5.41, 5.74) is -0.146. The van der Waals surface area contributed by atoms with Gasteiger partial charge in [-0.1, -0.05) is 39.3 Å². The zero-order chi connectivity index (χ0) is 13.2. The molecule has 1 aromatic heterocycles. The second kappa shape index (κ2) is 4.88. The Kier molecular flexibility index (Phi) is 3.45. The zero-order valence-corrected chi connectivity index (χ0v) is 11.3. The van der Waals surface area contributed by atoms with Crippen molar-refractivity contribution in [2.24, 2.45) is 0 Å². The lowest BCUT2D eigenvalue weighted by Crippen LogP contribution is -2.24. The minimum absolute atomic E-state index is 0.110. The summed E-state index contributed by atoms with van der Waals surface area (Å²) < 4.78 is 2.19. The van der Waals surface area contributed by atoms with E-state index in [9.17, 15) is 5.11 Å². The van der Waals surface area contributed by atoms with Crippen molar-refractivity contribution in [3.05, 3.63) is 46.2 Å². The van der Waals surface area contributed by atoms with E-state index in [2.05, 4.69) is 26.2 Å². The van der Waals surface area contributed by atoms with Crippen molar-refractivity contribution < 1.29 is 5.11 Å². The number of halogens is 1. The summed E-state index contributed by atoms with van der Waals surface area (Å²) in [7, 11) is 0. The highest BCUT2D eigenvalue weighted by atomic mass is 79.9. The summed E-state index contributed by atoms with van der Waals surface area (Å²) in [5, 5.41) is 26.9. The molecule has 0 aliphatic carbocycles. The van der Waals surface area contributed by atoms with Gasteiger partial charge in [0.2, 0.25) is 0 Å². The molecule has 0 radical (unpaired) electrons. The minimum atomic E-state index is -1.26. The number of aliphatic hydroxyl groups is 1. The minimum Gasteiger partial charge on any atom is -0.379 e. The van der Waals surface area contributed by atoms with E-state index in [1.807, 2.05) is 30.3 Å². The van der Waals surface area contributed by atoms with Crippen LogP contribution in [-0.2, 0) is 12.1 Å². The lowest BCUT2D eigenvalue weighted by molar-refractivity contribution is 0.0965. The Balaban J connectivity index is 2.41. The fourth-order valence-corrected chi connectivity index (χ4v) is 2.34. The fraction of sp³-hybridized carbons (Fsp3) is 0.250. The van der Waals surface area contributed by atoms with Crippen molar-refractivity contribution in [3.8, 4) is 6.07 Å². The smallest absolute Gasteiger partial charge is 0.133 e. The van der Waals surface area contributed by atoms with E-state index < -0.39 is 5.60 Å². The molecule has 0 spiro atoms. The predicted molar refractivity (Wildman–Crippen MR) is 68.4 cm³/mol. The van der Waals surface area contributed by atoms with Gasteiger partial charge in [-0.2, -0.15) is 5.26 Å². The van der Waals surface area contributed by atoms with Gasteiger partial charge in [0.1, 0.15) is 17.8 Å². The van der Waals surface area contributed by atoms with Crippen LogP contribution in [0.1, 0.15) is 18.2 Å². The lowest BCUT2D eigenvalue weighted by atomic mass is 9.93. The van der Waals surface area contributed by atoms with E-state index in [1.165, 1.54) is 4.68 Å². The van der Waals surface area contributed by atoms with E-state index in [1.54, 1.807) is 13.1 Å². The Hall–Kier alpha value is -1.71. The Morgan fingerprint density at radius 1 is 1.50 bits per heavy atom. The molecule has 6 heteroatoms. The van der Waals surface area contributed by atoms with Crippen molar-refractivity contribution in [3.63, 3.8) is 0 Å². The average Bonchev–Trinajstić information content (AvgIpc) is 2.79. The number of hydrogen-bond donors (Lipinski definition) is 1. The monoisotopic (exact) mass is 306 g/mol. The normalized spacial score (nSPS) is 13.9. The van der Waals surface area contributed by atoms with Gasteiger partial charge in [-0.05, 0) is 13.0 Å². The molecule has 2 aromatic rings. The zero-order valence-electron chi connectivity index (χ0n) is 9.71. The number of nitriles is 1. The maximum atomic E-state index is 10.6. The van der Waals surface area contributed by atoms with Crippen molar-refractivity contribution in [1.82, 2.24) is 15.0 Å². The molecule has 0 fully saturated rings. The second-order valence-electron chi connectivity index (χ2n) is 4.01. The number of benzene rings is 1. The first-order valence-electron chi connectivity index (χ1n) is 5.30. The maximum Gasteiger partial charge on any atom is 0.133 e. The highest BCUT2D eigenvalue weighted by Gasteiger charge is 2.30. The van der Waals surface area contributed by atoms with Crippen LogP contribution in [0.5, 0.6) is 0 Å². The molecule has 1 aromatic carbocycles. The van der Waals surface area contributed by atoms with Crippen LogP contribution in [0.25, 0.3) is 0 Å². The van der Waals surface area contributed by atoms with Crippen molar-refractivity contribution >= 4 is 15.9 Å². The Labute approximate surface area is 113 Å². The van der Waals surface area contributed by atoms with Crippen molar-refractivity contribution in [1.29, 1.82) is 5.26 Å². The van der Waals surface area contributed by atoms with E-state index in [-0.39, 0.29) is 6.54 Å².